The van der Waals surface area contributed by atoms with Crippen LogP contribution in [0.5, 0.6) is 0 Å². The summed E-state index contributed by atoms with van der Waals surface area (Å²) in [6, 6.07) is 1.05. The molecule has 2 aromatic heterocycles. The van der Waals surface area contributed by atoms with Crippen LogP contribution in [0.3, 0.4) is 0 Å². The zero-order chi connectivity index (χ0) is 33.9. The first-order valence-electron chi connectivity index (χ1n) is 16.1. The first-order chi connectivity index (χ1) is 22.3. The van der Waals surface area contributed by atoms with E-state index in [-0.39, 0.29) is 50.2 Å². The highest BCUT2D eigenvalue weighted by molar-refractivity contribution is 6.43. The molecule has 1 aliphatic carbocycles. The molecule has 5 rings (SSSR count). The van der Waals surface area contributed by atoms with Crippen molar-refractivity contribution in [1.82, 2.24) is 30.1 Å². The summed E-state index contributed by atoms with van der Waals surface area (Å²) in [6.45, 7) is 4.43. The standard InChI is InChI=1S/C31H42F5N9O2/c1-3-38-22(6-9-37)29(47)41-27(19-4-7-30(32,33)8-5-19)24-18-45-26(40-24)16-25(44-12-10-43(2)11-13-44)23(42-45)15-20-14-21(31(34,35)36)17-39-28(20)46/h6,9,16,18-21,27H,3-5,7-8,10-15,17,37H2,1-2H3,(H,39,46)(H,41,47)/t20-,21-,27+/m1/s1. The number of anilines is 1. The van der Waals surface area contributed by atoms with Crippen LogP contribution >= 0.6 is 0 Å². The first kappa shape index (κ1) is 34.5. The lowest BCUT2D eigenvalue weighted by atomic mass is 9.81. The summed E-state index contributed by atoms with van der Waals surface area (Å²) in [5.74, 6) is -6.69. The van der Waals surface area contributed by atoms with Gasteiger partial charge in [-0.3, -0.25) is 14.6 Å². The average Bonchev–Trinajstić information content (AvgIpc) is 3.43. The summed E-state index contributed by atoms with van der Waals surface area (Å²) in [4.78, 5) is 39.3. The molecule has 2 amide bonds. The van der Waals surface area contributed by atoms with E-state index in [1.165, 1.54) is 16.8 Å². The highest BCUT2D eigenvalue weighted by atomic mass is 19.4. The van der Waals surface area contributed by atoms with Gasteiger partial charge in [0, 0.05) is 70.5 Å². The fourth-order valence-corrected chi connectivity index (χ4v) is 6.65. The molecule has 0 aromatic carbocycles. The van der Waals surface area contributed by atoms with Crippen molar-refractivity contribution in [3.63, 3.8) is 0 Å². The number of nitrogens with one attached hydrogen (secondary N) is 2. The minimum atomic E-state index is -4.44. The van der Waals surface area contributed by atoms with Gasteiger partial charge in [-0.05, 0) is 51.4 Å². The normalized spacial score (nSPS) is 24.1. The number of rotatable bonds is 9. The molecule has 2 aliphatic heterocycles. The van der Waals surface area contributed by atoms with E-state index in [4.69, 9.17) is 15.8 Å². The number of hydrogen-bond donors (Lipinski definition) is 3. The quantitative estimate of drug-likeness (QED) is 0.276. The maximum Gasteiger partial charge on any atom is 0.393 e. The van der Waals surface area contributed by atoms with Crippen molar-refractivity contribution in [3.8, 4) is 0 Å². The summed E-state index contributed by atoms with van der Waals surface area (Å²) < 4.78 is 70.6. The number of piperidine rings is 1. The predicted molar refractivity (Wildman–Crippen MR) is 166 cm³/mol. The van der Waals surface area contributed by atoms with Gasteiger partial charge in [0.25, 0.3) is 5.91 Å². The van der Waals surface area contributed by atoms with Crippen LogP contribution < -0.4 is 21.3 Å². The number of imidazole rings is 1. The molecule has 3 atom stereocenters. The van der Waals surface area contributed by atoms with Crippen molar-refractivity contribution >= 4 is 28.9 Å². The van der Waals surface area contributed by atoms with E-state index in [2.05, 4.69) is 25.4 Å². The predicted octanol–water partition coefficient (Wildman–Crippen LogP) is 3.25. The lowest BCUT2D eigenvalue weighted by molar-refractivity contribution is -0.183. The summed E-state index contributed by atoms with van der Waals surface area (Å²) in [6.07, 6.45) is -0.952. The summed E-state index contributed by atoms with van der Waals surface area (Å²) in [5.41, 5.74) is 7.57. The molecule has 0 unspecified atom stereocenters. The molecule has 4 heterocycles. The molecule has 4 N–H and O–H groups in total. The number of amides is 2. The molecule has 16 heteroatoms. The first-order valence-corrected chi connectivity index (χ1v) is 16.1. The van der Waals surface area contributed by atoms with Crippen LogP contribution in [0, 0.1) is 17.8 Å². The van der Waals surface area contributed by atoms with E-state index < -0.39 is 48.3 Å². The van der Waals surface area contributed by atoms with Crippen molar-refractivity contribution in [3.05, 3.63) is 35.9 Å². The number of alkyl halides is 5. The molecule has 1 saturated carbocycles. The van der Waals surface area contributed by atoms with E-state index in [9.17, 15) is 31.5 Å². The molecule has 3 fully saturated rings. The van der Waals surface area contributed by atoms with Crippen molar-refractivity contribution in [2.24, 2.45) is 28.5 Å². The number of halogens is 5. The third-order valence-electron chi connectivity index (χ3n) is 9.39. The minimum Gasteiger partial charge on any atom is -0.405 e. The zero-order valence-corrected chi connectivity index (χ0v) is 26.6. The lowest BCUT2D eigenvalue weighted by Crippen LogP contribution is -2.47. The largest absolute Gasteiger partial charge is 0.405 e. The van der Waals surface area contributed by atoms with Gasteiger partial charge in [0.05, 0.1) is 35.2 Å². The lowest BCUT2D eigenvalue weighted by Gasteiger charge is -2.35. The Morgan fingerprint density at radius 3 is 2.57 bits per heavy atom. The number of aromatic nitrogens is 3. The fraction of sp³-hybridized carbons (Fsp3) is 0.645. The molecule has 0 radical (unpaired) electrons. The van der Waals surface area contributed by atoms with Crippen LogP contribution in [-0.2, 0) is 16.0 Å². The van der Waals surface area contributed by atoms with Crippen LogP contribution in [0.25, 0.3) is 5.65 Å². The molecule has 3 aliphatic rings. The van der Waals surface area contributed by atoms with Crippen molar-refractivity contribution < 1.29 is 31.5 Å². The third kappa shape index (κ3) is 8.19. The maximum absolute atomic E-state index is 14.1. The van der Waals surface area contributed by atoms with Gasteiger partial charge in [0.1, 0.15) is 5.71 Å². The molecule has 2 saturated heterocycles. The minimum absolute atomic E-state index is 0.0102. The zero-order valence-electron chi connectivity index (χ0n) is 26.6. The Labute approximate surface area is 269 Å². The second kappa shape index (κ2) is 14.1. The second-order valence-corrected chi connectivity index (χ2v) is 12.7. The van der Waals surface area contributed by atoms with Gasteiger partial charge in [0.2, 0.25) is 11.8 Å². The number of carbonyl (C=O) groups excluding carboxylic acids is 2. The van der Waals surface area contributed by atoms with E-state index in [0.29, 0.717) is 42.4 Å². The molecule has 2 aromatic rings. The number of aliphatic imine (C=N–C) groups is 1. The number of nitrogens with two attached hydrogens (primary N) is 1. The second-order valence-electron chi connectivity index (χ2n) is 12.7. The summed E-state index contributed by atoms with van der Waals surface area (Å²) in [7, 11) is 2.00. The number of carbonyl (C=O) groups is 2. The summed E-state index contributed by atoms with van der Waals surface area (Å²) >= 11 is 0. The van der Waals surface area contributed by atoms with E-state index in [1.807, 2.05) is 7.05 Å². The number of nitrogens with zero attached hydrogens (tertiary/aromatic N) is 6. The van der Waals surface area contributed by atoms with Gasteiger partial charge in [0.15, 0.2) is 5.65 Å². The Balaban J connectivity index is 1.52. The van der Waals surface area contributed by atoms with Crippen molar-refractivity contribution in [1.29, 1.82) is 0 Å². The molecular weight excluding hydrogens is 625 g/mol. The summed E-state index contributed by atoms with van der Waals surface area (Å²) in [5, 5.41) is 10.1. The Bertz CT molecular complexity index is 1490. The van der Waals surface area contributed by atoms with Crippen LogP contribution in [-0.4, -0.2) is 95.4 Å². The number of fused-ring (bicyclic) bond motifs is 1. The molecular formula is C31H42F5N9O2. The van der Waals surface area contributed by atoms with E-state index in [1.54, 1.807) is 19.2 Å². The SMILES string of the molecule is CCN=C(C=CN)C(=O)N[C@H](c1cn2nc(C[C@H]3C[C@@H](C(F)(F)F)CNC3=O)c(N3CCN(C)CC3)cc2n1)C1CCC(F)(F)CC1. The van der Waals surface area contributed by atoms with Crippen LogP contribution in [0.4, 0.5) is 27.6 Å². The average molecular weight is 668 g/mol. The number of piperazine rings is 1. The van der Waals surface area contributed by atoms with Crippen LogP contribution in [0.1, 0.15) is 56.5 Å². The Hall–Kier alpha value is -3.82. The molecule has 47 heavy (non-hydrogen) atoms. The Morgan fingerprint density at radius 1 is 1.23 bits per heavy atom. The van der Waals surface area contributed by atoms with Gasteiger partial charge in [-0.1, -0.05) is 0 Å². The van der Waals surface area contributed by atoms with Gasteiger partial charge in [-0.25, -0.2) is 18.3 Å². The Kier molecular flexibility index (Phi) is 10.4. The topological polar surface area (TPSA) is 133 Å². The fourth-order valence-electron chi connectivity index (χ4n) is 6.65. The van der Waals surface area contributed by atoms with Crippen LogP contribution in [0.15, 0.2) is 29.5 Å². The highest BCUT2D eigenvalue weighted by Gasteiger charge is 2.45. The van der Waals surface area contributed by atoms with Gasteiger partial charge in [-0.15, -0.1) is 0 Å². The maximum atomic E-state index is 14.1. The molecule has 11 nitrogen and oxygen atoms in total. The van der Waals surface area contributed by atoms with Crippen molar-refractivity contribution in [2.45, 2.75) is 63.6 Å². The van der Waals surface area contributed by atoms with Gasteiger partial charge < -0.3 is 26.2 Å². The van der Waals surface area contributed by atoms with Gasteiger partial charge in [-0.2, -0.15) is 18.3 Å². The van der Waals surface area contributed by atoms with E-state index >= 15 is 0 Å². The van der Waals surface area contributed by atoms with Gasteiger partial charge >= 0.3 is 6.18 Å². The number of hydrogen-bond acceptors (Lipinski definition) is 8. The Morgan fingerprint density at radius 2 is 1.94 bits per heavy atom. The smallest absolute Gasteiger partial charge is 0.393 e. The molecule has 0 spiro atoms. The monoisotopic (exact) mass is 667 g/mol. The molecule has 0 bridgehead atoms. The van der Waals surface area contributed by atoms with Crippen molar-refractivity contribution in [2.75, 3.05) is 51.2 Å². The highest BCUT2D eigenvalue weighted by Crippen LogP contribution is 2.42. The van der Waals surface area contributed by atoms with Crippen LogP contribution in [0.2, 0.25) is 0 Å². The van der Waals surface area contributed by atoms with E-state index in [0.717, 1.165) is 13.1 Å². The molecule has 258 valence electrons. The number of likely N-dealkylation sites (N-methyl/N-ethyl adjacent to an activating group) is 1. The third-order valence-corrected chi connectivity index (χ3v) is 9.39.